The lowest BCUT2D eigenvalue weighted by Crippen LogP contribution is -2.27. The molecule has 1 rings (SSSR count). The van der Waals surface area contributed by atoms with Crippen molar-refractivity contribution in [3.05, 3.63) is 29.8 Å². The second-order valence-corrected chi connectivity index (χ2v) is 3.13. The molecule has 82 valence electrons. The third kappa shape index (κ3) is 2.90. The molecule has 0 atom stereocenters. The van der Waals surface area contributed by atoms with Crippen LogP contribution in [0.4, 0.5) is 8.78 Å². The Bertz CT molecular complexity index is 366. The van der Waals surface area contributed by atoms with Crippen molar-refractivity contribution in [1.82, 2.24) is 4.90 Å². The molecule has 1 amide bonds. The number of carbonyl (C=O) groups is 1. The molecule has 0 radical (unpaired) electrons. The van der Waals surface area contributed by atoms with Gasteiger partial charge in [0.2, 0.25) is 5.82 Å². The number of amides is 1. The highest BCUT2D eigenvalue weighted by atomic mass is 19.2. The summed E-state index contributed by atoms with van der Waals surface area (Å²) in [5, 5.41) is 0. The minimum atomic E-state index is -1.08. The van der Waals surface area contributed by atoms with Gasteiger partial charge in [0.25, 0.3) is 5.91 Å². The summed E-state index contributed by atoms with van der Waals surface area (Å²) in [5.74, 6) is -2.65. The maximum atomic E-state index is 13.0. The van der Waals surface area contributed by atoms with Crippen LogP contribution in [0.15, 0.2) is 18.2 Å². The summed E-state index contributed by atoms with van der Waals surface area (Å²) in [7, 11) is 3.10. The monoisotopic (exact) mass is 215 g/mol. The first-order valence-corrected chi connectivity index (χ1v) is 4.29. The van der Waals surface area contributed by atoms with Crippen LogP contribution in [0.1, 0.15) is 0 Å². The molecule has 1 aromatic rings. The van der Waals surface area contributed by atoms with E-state index in [1.165, 1.54) is 17.0 Å². The van der Waals surface area contributed by atoms with Gasteiger partial charge in [-0.2, -0.15) is 4.39 Å². The van der Waals surface area contributed by atoms with E-state index in [1.54, 1.807) is 14.1 Å². The molecular weight excluding hydrogens is 204 g/mol. The van der Waals surface area contributed by atoms with Crippen molar-refractivity contribution in [2.24, 2.45) is 0 Å². The lowest BCUT2D eigenvalue weighted by Gasteiger charge is -2.11. The van der Waals surface area contributed by atoms with Crippen LogP contribution in [0.3, 0.4) is 0 Å². The molecule has 0 spiro atoms. The maximum Gasteiger partial charge on any atom is 0.259 e. The van der Waals surface area contributed by atoms with E-state index in [0.29, 0.717) is 0 Å². The molecule has 0 saturated heterocycles. The smallest absolute Gasteiger partial charge is 0.259 e. The molecule has 0 heterocycles. The summed E-state index contributed by atoms with van der Waals surface area (Å²) in [6, 6.07) is 3.56. The van der Waals surface area contributed by atoms with Gasteiger partial charge in [0, 0.05) is 14.1 Å². The second kappa shape index (κ2) is 4.72. The first kappa shape index (κ1) is 11.4. The second-order valence-electron chi connectivity index (χ2n) is 3.13. The van der Waals surface area contributed by atoms with Gasteiger partial charge in [0.15, 0.2) is 18.2 Å². The highest BCUT2D eigenvalue weighted by Crippen LogP contribution is 2.18. The zero-order chi connectivity index (χ0) is 11.4. The fraction of sp³-hybridized carbons (Fsp3) is 0.300. The number of rotatable bonds is 3. The summed E-state index contributed by atoms with van der Waals surface area (Å²) in [6.07, 6.45) is 0. The Labute approximate surface area is 86.3 Å². The van der Waals surface area contributed by atoms with Crippen molar-refractivity contribution in [2.45, 2.75) is 0 Å². The van der Waals surface area contributed by atoms with Gasteiger partial charge in [-0.1, -0.05) is 6.07 Å². The summed E-state index contributed by atoms with van der Waals surface area (Å²) in [6.45, 7) is -0.312. The molecule has 0 aromatic heterocycles. The highest BCUT2D eigenvalue weighted by Gasteiger charge is 2.11. The SMILES string of the molecule is CN(C)C(=O)COc1cccc(F)c1F. The Kier molecular flexibility index (Phi) is 3.60. The Hall–Kier alpha value is -1.65. The minimum absolute atomic E-state index is 0.259. The molecule has 0 unspecified atom stereocenters. The van der Waals surface area contributed by atoms with Crippen molar-refractivity contribution < 1.29 is 18.3 Å². The fourth-order valence-electron chi connectivity index (χ4n) is 0.864. The Morgan fingerprint density at radius 1 is 1.40 bits per heavy atom. The van der Waals surface area contributed by atoms with Crippen molar-refractivity contribution in [3.63, 3.8) is 0 Å². The molecule has 0 aliphatic rings. The van der Waals surface area contributed by atoms with E-state index >= 15 is 0 Å². The fourth-order valence-corrected chi connectivity index (χ4v) is 0.864. The molecule has 0 bridgehead atoms. The van der Waals surface area contributed by atoms with Gasteiger partial charge in [0.05, 0.1) is 0 Å². The van der Waals surface area contributed by atoms with Crippen molar-refractivity contribution in [3.8, 4) is 5.75 Å². The van der Waals surface area contributed by atoms with Crippen molar-refractivity contribution in [2.75, 3.05) is 20.7 Å². The summed E-state index contributed by atoms with van der Waals surface area (Å²) >= 11 is 0. The number of carbonyl (C=O) groups excluding carboxylic acids is 1. The van der Waals surface area contributed by atoms with E-state index in [1.807, 2.05) is 0 Å². The number of ether oxygens (including phenoxy) is 1. The van der Waals surface area contributed by atoms with E-state index in [-0.39, 0.29) is 18.3 Å². The number of hydrogen-bond acceptors (Lipinski definition) is 2. The molecule has 0 N–H and O–H groups in total. The molecule has 0 saturated carbocycles. The van der Waals surface area contributed by atoms with Crippen LogP contribution in [0.2, 0.25) is 0 Å². The van der Waals surface area contributed by atoms with Crippen LogP contribution < -0.4 is 4.74 Å². The predicted octanol–water partition coefficient (Wildman–Crippen LogP) is 1.43. The molecule has 0 aliphatic heterocycles. The molecule has 1 aromatic carbocycles. The number of likely N-dealkylation sites (N-methyl/N-ethyl adjacent to an activating group) is 1. The van der Waals surface area contributed by atoms with Gasteiger partial charge in [-0.3, -0.25) is 4.79 Å². The van der Waals surface area contributed by atoms with Crippen LogP contribution in [0.25, 0.3) is 0 Å². The van der Waals surface area contributed by atoms with Crippen LogP contribution in [0.5, 0.6) is 5.75 Å². The van der Waals surface area contributed by atoms with Crippen LogP contribution >= 0.6 is 0 Å². The summed E-state index contributed by atoms with van der Waals surface area (Å²) in [5.41, 5.74) is 0. The number of nitrogens with zero attached hydrogens (tertiary/aromatic N) is 1. The molecule has 15 heavy (non-hydrogen) atoms. The number of hydrogen-bond donors (Lipinski definition) is 0. The largest absolute Gasteiger partial charge is 0.481 e. The third-order valence-corrected chi connectivity index (χ3v) is 1.77. The maximum absolute atomic E-state index is 13.0. The van der Waals surface area contributed by atoms with Crippen molar-refractivity contribution in [1.29, 1.82) is 0 Å². The normalized spacial score (nSPS) is 9.87. The zero-order valence-electron chi connectivity index (χ0n) is 8.46. The van der Waals surface area contributed by atoms with E-state index in [0.717, 1.165) is 6.07 Å². The van der Waals surface area contributed by atoms with E-state index in [9.17, 15) is 13.6 Å². The van der Waals surface area contributed by atoms with Crippen LogP contribution in [0, 0.1) is 11.6 Å². The van der Waals surface area contributed by atoms with Gasteiger partial charge in [-0.05, 0) is 12.1 Å². The molecule has 0 fully saturated rings. The molecule has 5 heteroatoms. The summed E-state index contributed by atoms with van der Waals surface area (Å²) < 4.78 is 30.6. The van der Waals surface area contributed by atoms with Crippen LogP contribution in [-0.2, 0) is 4.79 Å². The van der Waals surface area contributed by atoms with E-state index < -0.39 is 11.6 Å². The number of benzene rings is 1. The zero-order valence-corrected chi connectivity index (χ0v) is 8.46. The van der Waals surface area contributed by atoms with Gasteiger partial charge >= 0.3 is 0 Å². The Morgan fingerprint density at radius 2 is 2.07 bits per heavy atom. The van der Waals surface area contributed by atoms with Gasteiger partial charge in [-0.15, -0.1) is 0 Å². The quantitative estimate of drug-likeness (QED) is 0.763. The van der Waals surface area contributed by atoms with E-state index in [2.05, 4.69) is 0 Å². The van der Waals surface area contributed by atoms with Gasteiger partial charge < -0.3 is 9.64 Å². The van der Waals surface area contributed by atoms with Crippen molar-refractivity contribution >= 4 is 5.91 Å². The molecular formula is C10H11F2NO2. The number of halogens is 2. The van der Waals surface area contributed by atoms with Crippen LogP contribution in [-0.4, -0.2) is 31.5 Å². The highest BCUT2D eigenvalue weighted by molar-refractivity contribution is 5.77. The lowest BCUT2D eigenvalue weighted by atomic mass is 10.3. The molecule has 3 nitrogen and oxygen atoms in total. The standard InChI is InChI=1S/C10H11F2NO2/c1-13(2)9(14)6-15-8-5-3-4-7(11)10(8)12/h3-5H,6H2,1-2H3. The van der Waals surface area contributed by atoms with E-state index in [4.69, 9.17) is 4.74 Å². The lowest BCUT2D eigenvalue weighted by molar-refractivity contribution is -0.130. The first-order chi connectivity index (χ1) is 7.02. The summed E-state index contributed by atoms with van der Waals surface area (Å²) in [4.78, 5) is 12.4. The molecule has 0 aliphatic carbocycles. The minimum Gasteiger partial charge on any atom is -0.481 e. The Morgan fingerprint density at radius 3 is 2.67 bits per heavy atom. The Balaban J connectivity index is 2.66. The van der Waals surface area contributed by atoms with Gasteiger partial charge in [0.1, 0.15) is 0 Å². The predicted molar refractivity (Wildman–Crippen MR) is 50.5 cm³/mol. The third-order valence-electron chi connectivity index (χ3n) is 1.77. The van der Waals surface area contributed by atoms with Gasteiger partial charge in [-0.25, -0.2) is 4.39 Å². The first-order valence-electron chi connectivity index (χ1n) is 4.29. The average Bonchev–Trinajstić information content (AvgIpc) is 2.19. The average molecular weight is 215 g/mol. The topological polar surface area (TPSA) is 29.5 Å².